The van der Waals surface area contributed by atoms with E-state index in [0.717, 1.165) is 19.1 Å². The Balaban J connectivity index is 2.14. The molecule has 94 valence electrons. The summed E-state index contributed by atoms with van der Waals surface area (Å²) in [6, 6.07) is 0. The molecule has 0 aromatic rings. The van der Waals surface area contributed by atoms with Crippen LogP contribution in [-0.4, -0.2) is 50.8 Å². The fourth-order valence-electron chi connectivity index (χ4n) is 3.30. The van der Waals surface area contributed by atoms with E-state index >= 15 is 0 Å². The van der Waals surface area contributed by atoms with Crippen LogP contribution in [0.25, 0.3) is 0 Å². The molecule has 2 saturated heterocycles. The predicted molar refractivity (Wildman–Crippen MR) is 66.6 cm³/mol. The van der Waals surface area contributed by atoms with Crippen LogP contribution in [0.15, 0.2) is 0 Å². The molecule has 1 atom stereocenters. The second-order valence-corrected chi connectivity index (χ2v) is 6.13. The minimum absolute atomic E-state index is 0.175. The van der Waals surface area contributed by atoms with Crippen LogP contribution in [0, 0.1) is 11.3 Å². The quantitative estimate of drug-likeness (QED) is 0.786. The smallest absolute Gasteiger partial charge is 0.0565 e. The van der Waals surface area contributed by atoms with Gasteiger partial charge in [0.05, 0.1) is 13.2 Å². The molecule has 0 aromatic heterocycles. The van der Waals surface area contributed by atoms with Crippen molar-refractivity contribution < 1.29 is 4.74 Å². The second-order valence-electron chi connectivity index (χ2n) is 6.13. The molecule has 16 heavy (non-hydrogen) atoms. The highest BCUT2D eigenvalue weighted by Crippen LogP contribution is 2.48. The molecule has 3 heteroatoms. The lowest BCUT2D eigenvalue weighted by atomic mass is 9.60. The van der Waals surface area contributed by atoms with Gasteiger partial charge in [-0.25, -0.2) is 0 Å². The molecular weight excluding hydrogens is 200 g/mol. The Bertz CT molecular complexity index is 248. The molecule has 0 amide bonds. The summed E-state index contributed by atoms with van der Waals surface area (Å²) in [6.45, 7) is 8.99. The van der Waals surface area contributed by atoms with Gasteiger partial charge in [-0.3, -0.25) is 0 Å². The largest absolute Gasteiger partial charge is 0.380 e. The summed E-state index contributed by atoms with van der Waals surface area (Å²) in [5.74, 6) is 0.780. The average Bonchev–Trinajstić information content (AvgIpc) is 2.15. The molecule has 2 rings (SSSR count). The number of ether oxygens (including phenoxy) is 1. The number of rotatable bonds is 3. The van der Waals surface area contributed by atoms with Gasteiger partial charge in [0.2, 0.25) is 0 Å². The van der Waals surface area contributed by atoms with Gasteiger partial charge < -0.3 is 15.0 Å². The lowest BCUT2D eigenvalue weighted by Gasteiger charge is -2.58. The minimum atomic E-state index is 0.175. The maximum atomic E-state index is 5.56. The maximum Gasteiger partial charge on any atom is 0.0565 e. The highest BCUT2D eigenvalue weighted by atomic mass is 16.5. The minimum Gasteiger partial charge on any atom is -0.380 e. The van der Waals surface area contributed by atoms with Crippen molar-refractivity contribution in [2.24, 2.45) is 11.3 Å². The molecule has 1 unspecified atom stereocenters. The van der Waals surface area contributed by atoms with E-state index in [9.17, 15) is 0 Å². The third-order valence-corrected chi connectivity index (χ3v) is 4.99. The van der Waals surface area contributed by atoms with Crippen LogP contribution < -0.4 is 5.32 Å². The molecule has 3 nitrogen and oxygen atoms in total. The third kappa shape index (κ3) is 1.79. The van der Waals surface area contributed by atoms with Gasteiger partial charge in [-0.2, -0.15) is 0 Å². The molecule has 0 bridgehead atoms. The van der Waals surface area contributed by atoms with E-state index < -0.39 is 0 Å². The Labute approximate surface area is 99.5 Å². The average molecular weight is 226 g/mol. The highest BCUT2D eigenvalue weighted by molar-refractivity contribution is 5.07. The van der Waals surface area contributed by atoms with E-state index in [1.54, 1.807) is 0 Å². The molecule has 2 heterocycles. The van der Waals surface area contributed by atoms with Crippen molar-refractivity contribution in [1.29, 1.82) is 0 Å². The molecule has 1 N–H and O–H groups in total. The Morgan fingerprint density at radius 2 is 2.06 bits per heavy atom. The summed E-state index contributed by atoms with van der Waals surface area (Å²) < 4.78 is 5.56. The number of likely N-dealkylation sites (tertiary alicyclic amines) is 1. The van der Waals surface area contributed by atoms with Crippen LogP contribution >= 0.6 is 0 Å². The molecule has 2 aliphatic heterocycles. The van der Waals surface area contributed by atoms with Crippen LogP contribution in [0.2, 0.25) is 0 Å². The molecule has 2 fully saturated rings. The van der Waals surface area contributed by atoms with E-state index in [2.05, 4.69) is 38.2 Å². The third-order valence-electron chi connectivity index (χ3n) is 4.99. The zero-order valence-electron chi connectivity index (χ0n) is 11.2. The van der Waals surface area contributed by atoms with E-state index in [1.165, 1.54) is 25.9 Å². The standard InChI is InChI=1S/C13H26N2O/c1-12(2,14-3)13(9-16-10-13)11-6-5-7-15(4)8-11/h11,14H,5-10H2,1-4H3. The van der Waals surface area contributed by atoms with Crippen LogP contribution in [0.3, 0.4) is 0 Å². The molecule has 0 aromatic carbocycles. The van der Waals surface area contributed by atoms with Crippen molar-refractivity contribution in [3.05, 3.63) is 0 Å². The molecule has 2 aliphatic rings. The van der Waals surface area contributed by atoms with Crippen molar-refractivity contribution >= 4 is 0 Å². The summed E-state index contributed by atoms with van der Waals surface area (Å²) >= 11 is 0. The first kappa shape index (κ1) is 12.3. The number of nitrogens with one attached hydrogen (secondary N) is 1. The van der Waals surface area contributed by atoms with Crippen LogP contribution in [0.4, 0.5) is 0 Å². The van der Waals surface area contributed by atoms with E-state index in [1.807, 2.05) is 0 Å². The van der Waals surface area contributed by atoms with Gasteiger partial charge in [0.15, 0.2) is 0 Å². The van der Waals surface area contributed by atoms with E-state index in [-0.39, 0.29) is 5.54 Å². The van der Waals surface area contributed by atoms with Crippen LogP contribution in [0.1, 0.15) is 26.7 Å². The summed E-state index contributed by atoms with van der Waals surface area (Å²) in [6.07, 6.45) is 2.70. The van der Waals surface area contributed by atoms with Crippen LogP contribution in [-0.2, 0) is 4.74 Å². The van der Waals surface area contributed by atoms with Gasteiger partial charge in [0.25, 0.3) is 0 Å². The van der Waals surface area contributed by atoms with Gasteiger partial charge in [-0.05, 0) is 53.2 Å². The lowest BCUT2D eigenvalue weighted by Crippen LogP contribution is -2.67. The number of nitrogens with zero attached hydrogens (tertiary/aromatic N) is 1. The number of piperidine rings is 1. The van der Waals surface area contributed by atoms with Gasteiger partial charge >= 0.3 is 0 Å². The van der Waals surface area contributed by atoms with Crippen molar-refractivity contribution in [2.75, 3.05) is 40.4 Å². The summed E-state index contributed by atoms with van der Waals surface area (Å²) in [5.41, 5.74) is 0.518. The maximum absolute atomic E-state index is 5.56. The first-order valence-corrected chi connectivity index (χ1v) is 6.47. The Kier molecular flexibility index (Phi) is 3.30. The molecule has 0 spiro atoms. The normalized spacial score (nSPS) is 31.1. The van der Waals surface area contributed by atoms with Crippen molar-refractivity contribution in [3.8, 4) is 0 Å². The van der Waals surface area contributed by atoms with Crippen molar-refractivity contribution in [1.82, 2.24) is 10.2 Å². The summed E-state index contributed by atoms with van der Waals surface area (Å²) in [4.78, 5) is 2.47. The number of hydrogen-bond donors (Lipinski definition) is 1. The van der Waals surface area contributed by atoms with Gasteiger partial charge in [0.1, 0.15) is 0 Å². The Hall–Kier alpha value is -0.120. The fourth-order valence-corrected chi connectivity index (χ4v) is 3.30. The van der Waals surface area contributed by atoms with Gasteiger partial charge in [-0.1, -0.05) is 0 Å². The Morgan fingerprint density at radius 3 is 2.50 bits per heavy atom. The van der Waals surface area contributed by atoms with Crippen molar-refractivity contribution in [2.45, 2.75) is 32.2 Å². The summed E-state index contributed by atoms with van der Waals surface area (Å²) in [7, 11) is 4.32. The van der Waals surface area contributed by atoms with Gasteiger partial charge in [-0.15, -0.1) is 0 Å². The Morgan fingerprint density at radius 1 is 1.38 bits per heavy atom. The molecular formula is C13H26N2O. The van der Waals surface area contributed by atoms with E-state index in [4.69, 9.17) is 4.74 Å². The second kappa shape index (κ2) is 4.28. The molecule has 0 aliphatic carbocycles. The lowest BCUT2D eigenvalue weighted by molar-refractivity contribution is -0.194. The first-order valence-electron chi connectivity index (χ1n) is 6.47. The van der Waals surface area contributed by atoms with Crippen LogP contribution in [0.5, 0.6) is 0 Å². The SMILES string of the molecule is CNC(C)(C)C1(C2CCCN(C)C2)COC1. The zero-order valence-corrected chi connectivity index (χ0v) is 11.2. The van der Waals surface area contributed by atoms with Gasteiger partial charge in [0, 0.05) is 17.5 Å². The predicted octanol–water partition coefficient (Wildman–Crippen LogP) is 1.34. The highest BCUT2D eigenvalue weighted by Gasteiger charge is 2.55. The fraction of sp³-hybridized carbons (Fsp3) is 1.00. The first-order chi connectivity index (χ1) is 7.52. The monoisotopic (exact) mass is 226 g/mol. The summed E-state index contributed by atoms with van der Waals surface area (Å²) in [5, 5.41) is 3.50. The zero-order chi connectivity index (χ0) is 11.8. The van der Waals surface area contributed by atoms with Crippen molar-refractivity contribution in [3.63, 3.8) is 0 Å². The molecule has 0 radical (unpaired) electrons. The van der Waals surface area contributed by atoms with E-state index in [0.29, 0.717) is 5.41 Å². The molecule has 0 saturated carbocycles. The number of hydrogen-bond acceptors (Lipinski definition) is 3. The topological polar surface area (TPSA) is 24.5 Å².